The van der Waals surface area contributed by atoms with E-state index in [-0.39, 0.29) is 5.97 Å². The van der Waals surface area contributed by atoms with E-state index in [0.29, 0.717) is 12.4 Å². The number of alkyl halides is 1. The van der Waals surface area contributed by atoms with Crippen molar-refractivity contribution in [1.29, 1.82) is 0 Å². The van der Waals surface area contributed by atoms with Gasteiger partial charge in [0.25, 0.3) is 0 Å². The maximum Gasteiger partial charge on any atom is 0.306 e. The summed E-state index contributed by atoms with van der Waals surface area (Å²) >= 11 is 4.93. The van der Waals surface area contributed by atoms with Crippen LogP contribution in [0.5, 0.6) is 0 Å². The fraction of sp³-hybridized carbons (Fsp3) is 0.900. The average molecular weight is 283 g/mol. The third kappa shape index (κ3) is 10.4. The van der Waals surface area contributed by atoms with Crippen LogP contribution in [-0.4, -0.2) is 23.5 Å². The maximum absolute atomic E-state index is 11.0. The molecule has 14 heavy (non-hydrogen) atoms. The van der Waals surface area contributed by atoms with E-state index in [9.17, 15) is 4.79 Å². The summed E-state index contributed by atoms with van der Waals surface area (Å²) in [5.41, 5.74) is 0. The van der Waals surface area contributed by atoms with Crippen LogP contribution in [0.15, 0.2) is 0 Å². The van der Waals surface area contributed by atoms with Crippen molar-refractivity contribution < 1.29 is 9.53 Å². The molecule has 2 nitrogen and oxygen atoms in total. The standard InChI is InChI=1S/C10H19BrO2S/c1-14-9-13-10(12)7-5-3-2-4-6-8-11/h2-9H2,1H3. The lowest BCUT2D eigenvalue weighted by Crippen LogP contribution is -2.03. The highest BCUT2D eigenvalue weighted by Gasteiger charge is 2.01. The second-order valence-corrected chi connectivity index (χ2v) is 4.74. The molecule has 4 heteroatoms. The number of carbonyl (C=O) groups is 1. The summed E-state index contributed by atoms with van der Waals surface area (Å²) in [5, 5.41) is 1.09. The molecule has 0 aromatic heterocycles. The number of rotatable bonds is 9. The van der Waals surface area contributed by atoms with E-state index in [1.54, 1.807) is 0 Å². The first-order valence-electron chi connectivity index (χ1n) is 5.01. The zero-order valence-electron chi connectivity index (χ0n) is 8.76. The van der Waals surface area contributed by atoms with Gasteiger partial charge in [0.15, 0.2) is 0 Å². The number of unbranched alkanes of at least 4 members (excludes halogenated alkanes) is 4. The van der Waals surface area contributed by atoms with Crippen LogP contribution in [0.1, 0.15) is 38.5 Å². The highest BCUT2D eigenvalue weighted by Crippen LogP contribution is 2.07. The molecule has 0 saturated heterocycles. The molecule has 0 bridgehead atoms. The lowest BCUT2D eigenvalue weighted by Gasteiger charge is -2.02. The molecule has 0 N–H and O–H groups in total. The second kappa shape index (κ2) is 11.4. The molecule has 0 radical (unpaired) electrons. The van der Waals surface area contributed by atoms with Gasteiger partial charge < -0.3 is 4.74 Å². The normalized spacial score (nSPS) is 10.1. The Kier molecular flexibility index (Phi) is 11.6. The van der Waals surface area contributed by atoms with Gasteiger partial charge in [0.05, 0.1) is 0 Å². The van der Waals surface area contributed by atoms with E-state index < -0.39 is 0 Å². The Morgan fingerprint density at radius 1 is 1.21 bits per heavy atom. The molecule has 0 aliphatic rings. The Morgan fingerprint density at radius 2 is 1.86 bits per heavy atom. The fourth-order valence-electron chi connectivity index (χ4n) is 1.09. The van der Waals surface area contributed by atoms with Gasteiger partial charge in [-0.1, -0.05) is 35.2 Å². The van der Waals surface area contributed by atoms with Gasteiger partial charge in [-0.05, 0) is 19.1 Å². The minimum atomic E-state index is -0.0557. The molecule has 84 valence electrons. The molecular weight excluding hydrogens is 264 g/mol. The first-order valence-corrected chi connectivity index (χ1v) is 7.53. The monoisotopic (exact) mass is 282 g/mol. The van der Waals surface area contributed by atoms with Gasteiger partial charge in [0.1, 0.15) is 5.94 Å². The maximum atomic E-state index is 11.0. The molecular formula is C10H19BrO2S. The first kappa shape index (κ1) is 14.3. The zero-order valence-corrected chi connectivity index (χ0v) is 11.2. The van der Waals surface area contributed by atoms with Crippen LogP contribution in [0.4, 0.5) is 0 Å². The summed E-state index contributed by atoms with van der Waals surface area (Å²) in [4.78, 5) is 11.0. The van der Waals surface area contributed by atoms with Gasteiger partial charge in [-0.15, -0.1) is 11.8 Å². The van der Waals surface area contributed by atoms with Crippen molar-refractivity contribution >= 4 is 33.7 Å². The highest BCUT2D eigenvalue weighted by atomic mass is 79.9. The van der Waals surface area contributed by atoms with E-state index in [4.69, 9.17) is 4.74 Å². The quantitative estimate of drug-likeness (QED) is 0.280. The Bertz CT molecular complexity index is 142. The van der Waals surface area contributed by atoms with Crippen molar-refractivity contribution in [1.82, 2.24) is 0 Å². The number of hydrogen-bond acceptors (Lipinski definition) is 3. The van der Waals surface area contributed by atoms with Crippen molar-refractivity contribution in [2.45, 2.75) is 38.5 Å². The van der Waals surface area contributed by atoms with Gasteiger partial charge in [-0.2, -0.15) is 0 Å². The molecule has 0 amide bonds. The summed E-state index contributed by atoms with van der Waals surface area (Å²) < 4.78 is 4.94. The molecule has 0 aliphatic carbocycles. The lowest BCUT2D eigenvalue weighted by atomic mass is 10.1. The van der Waals surface area contributed by atoms with Crippen molar-refractivity contribution in [2.24, 2.45) is 0 Å². The number of halogens is 1. The number of hydrogen-bond donors (Lipinski definition) is 0. The summed E-state index contributed by atoms with van der Waals surface area (Å²) in [7, 11) is 0. The Balaban J connectivity index is 3.07. The van der Waals surface area contributed by atoms with Crippen molar-refractivity contribution in [3.8, 4) is 0 Å². The predicted octanol–water partition coefficient (Wildman–Crippen LogP) is 3.59. The number of esters is 1. The smallest absolute Gasteiger partial charge is 0.306 e. The molecule has 0 saturated carbocycles. The number of ether oxygens (including phenoxy) is 1. The third-order valence-corrected chi connectivity index (χ3v) is 2.77. The topological polar surface area (TPSA) is 26.3 Å². The molecule has 0 atom stereocenters. The largest absolute Gasteiger partial charge is 0.455 e. The molecule has 0 unspecified atom stereocenters. The summed E-state index contributed by atoms with van der Waals surface area (Å²) in [6.07, 6.45) is 8.32. The molecule has 0 fully saturated rings. The predicted molar refractivity (Wildman–Crippen MR) is 66.0 cm³/mol. The van der Waals surface area contributed by atoms with Gasteiger partial charge in [-0.25, -0.2) is 0 Å². The van der Waals surface area contributed by atoms with Crippen molar-refractivity contribution in [3.63, 3.8) is 0 Å². The number of carbonyl (C=O) groups excluding carboxylic acids is 1. The van der Waals surface area contributed by atoms with Gasteiger partial charge >= 0.3 is 5.97 Å². The third-order valence-electron chi connectivity index (χ3n) is 1.85. The van der Waals surface area contributed by atoms with E-state index >= 15 is 0 Å². The summed E-state index contributed by atoms with van der Waals surface area (Å²) in [5.74, 6) is 0.433. The Morgan fingerprint density at radius 3 is 2.50 bits per heavy atom. The minimum Gasteiger partial charge on any atom is -0.455 e. The van der Waals surface area contributed by atoms with Crippen molar-refractivity contribution in [2.75, 3.05) is 17.5 Å². The van der Waals surface area contributed by atoms with Crippen LogP contribution < -0.4 is 0 Å². The molecule has 0 spiro atoms. The van der Waals surface area contributed by atoms with E-state index in [1.165, 1.54) is 31.0 Å². The highest BCUT2D eigenvalue weighted by molar-refractivity contribution is 9.09. The lowest BCUT2D eigenvalue weighted by molar-refractivity contribution is -0.141. The first-order chi connectivity index (χ1) is 6.81. The van der Waals surface area contributed by atoms with Crippen LogP contribution in [0.3, 0.4) is 0 Å². The van der Waals surface area contributed by atoms with Crippen LogP contribution in [0.2, 0.25) is 0 Å². The molecule has 0 heterocycles. The van der Waals surface area contributed by atoms with Crippen molar-refractivity contribution in [3.05, 3.63) is 0 Å². The molecule has 0 rings (SSSR count). The molecule has 0 aromatic rings. The zero-order chi connectivity index (χ0) is 10.6. The Labute approximate surface area is 99.3 Å². The second-order valence-electron chi connectivity index (χ2n) is 3.13. The van der Waals surface area contributed by atoms with Crippen LogP contribution in [-0.2, 0) is 9.53 Å². The van der Waals surface area contributed by atoms with Crippen LogP contribution >= 0.6 is 27.7 Å². The summed E-state index contributed by atoms with van der Waals surface area (Å²) in [6.45, 7) is 0. The SMILES string of the molecule is CSCOC(=O)CCCCCCCBr. The molecule has 0 aromatic carbocycles. The van der Waals surface area contributed by atoms with Crippen LogP contribution in [0, 0.1) is 0 Å². The average Bonchev–Trinajstić information content (AvgIpc) is 2.20. The minimum absolute atomic E-state index is 0.0557. The van der Waals surface area contributed by atoms with Gasteiger partial charge in [0.2, 0.25) is 0 Å². The van der Waals surface area contributed by atoms with Crippen LogP contribution in [0.25, 0.3) is 0 Å². The molecule has 0 aliphatic heterocycles. The summed E-state index contributed by atoms with van der Waals surface area (Å²) in [6, 6.07) is 0. The van der Waals surface area contributed by atoms with E-state index in [2.05, 4.69) is 15.9 Å². The fourth-order valence-corrected chi connectivity index (χ4v) is 1.74. The van der Waals surface area contributed by atoms with E-state index in [1.807, 2.05) is 6.26 Å². The van der Waals surface area contributed by atoms with Gasteiger partial charge in [-0.3, -0.25) is 4.79 Å². The number of thioether (sulfide) groups is 1. The Hall–Kier alpha value is 0.300. The van der Waals surface area contributed by atoms with Gasteiger partial charge in [0, 0.05) is 11.8 Å². The van der Waals surface area contributed by atoms with E-state index in [0.717, 1.165) is 18.2 Å².